The highest BCUT2D eigenvalue weighted by Gasteiger charge is 2.26. The lowest BCUT2D eigenvalue weighted by Gasteiger charge is -2.27. The number of nitrogens with two attached hydrogens (primary N) is 1. The van der Waals surface area contributed by atoms with Crippen LogP contribution in [-0.4, -0.2) is 52.0 Å². The number of anilines is 4. The minimum Gasteiger partial charge on any atom is -0.465 e. The third-order valence-electron chi connectivity index (χ3n) is 6.15. The Morgan fingerprint density at radius 3 is 2.33 bits per heavy atom. The van der Waals surface area contributed by atoms with E-state index in [2.05, 4.69) is 26.0 Å². The van der Waals surface area contributed by atoms with Crippen LogP contribution >= 0.6 is 0 Å². The molecule has 2 aromatic heterocycles. The standard InChI is InChI=1S/C26H27F3N8O3/c1-12(31-26(39)40)21(13-7-14(27)9-15(28)8-13)33-24-19(29)11-18(22(30)38)23(34-24)32-16-5-6-20-17(10-16)25(36(2)3)35-37(20)4/h5-12,21,31H,1-4H3,(H2,30,38)(H,39,40)(H2,32,33,34)/t12-,21-/m0/s1. The molecule has 0 unspecified atom stereocenters. The van der Waals surface area contributed by atoms with Gasteiger partial charge in [-0.3, -0.25) is 9.48 Å². The lowest BCUT2D eigenvalue weighted by atomic mass is 10.00. The molecular formula is C26H27F3N8O3. The van der Waals surface area contributed by atoms with Crippen LogP contribution in [0.5, 0.6) is 0 Å². The van der Waals surface area contributed by atoms with Gasteiger partial charge >= 0.3 is 6.09 Å². The van der Waals surface area contributed by atoms with E-state index in [0.29, 0.717) is 17.6 Å². The number of benzene rings is 2. The van der Waals surface area contributed by atoms with Crippen molar-refractivity contribution in [3.05, 3.63) is 71.0 Å². The van der Waals surface area contributed by atoms with E-state index in [4.69, 9.17) is 5.73 Å². The quantitative estimate of drug-likeness (QED) is 0.207. The van der Waals surface area contributed by atoms with Gasteiger partial charge in [-0.1, -0.05) is 0 Å². The van der Waals surface area contributed by atoms with E-state index < -0.39 is 47.4 Å². The number of carbonyl (C=O) groups excluding carboxylic acids is 1. The van der Waals surface area contributed by atoms with E-state index in [-0.39, 0.29) is 16.9 Å². The monoisotopic (exact) mass is 556 g/mol. The summed E-state index contributed by atoms with van der Waals surface area (Å²) in [4.78, 5) is 29.5. The minimum absolute atomic E-state index is 0.00770. The Morgan fingerprint density at radius 2 is 1.73 bits per heavy atom. The second-order valence-electron chi connectivity index (χ2n) is 9.34. The number of nitrogens with zero attached hydrogens (tertiary/aromatic N) is 4. The second kappa shape index (κ2) is 11.0. The number of hydrogen-bond acceptors (Lipinski definition) is 7. The maximum atomic E-state index is 15.2. The van der Waals surface area contributed by atoms with Crippen molar-refractivity contribution >= 4 is 46.0 Å². The third kappa shape index (κ3) is 5.85. The first-order valence-electron chi connectivity index (χ1n) is 12.0. The van der Waals surface area contributed by atoms with Crippen LogP contribution in [0.1, 0.15) is 28.9 Å². The van der Waals surface area contributed by atoms with Crippen molar-refractivity contribution in [2.75, 3.05) is 29.6 Å². The minimum atomic E-state index is -1.40. The van der Waals surface area contributed by atoms with Crippen molar-refractivity contribution in [3.63, 3.8) is 0 Å². The molecule has 2 heterocycles. The summed E-state index contributed by atoms with van der Waals surface area (Å²) < 4.78 is 44.9. The van der Waals surface area contributed by atoms with E-state index in [0.717, 1.165) is 29.1 Å². The Kier molecular flexibility index (Phi) is 7.70. The Bertz CT molecular complexity index is 1590. The van der Waals surface area contributed by atoms with Gasteiger partial charge < -0.3 is 31.7 Å². The van der Waals surface area contributed by atoms with Gasteiger partial charge in [-0.15, -0.1) is 0 Å². The Morgan fingerprint density at radius 1 is 1.05 bits per heavy atom. The Labute approximate surface area is 226 Å². The normalized spacial score (nSPS) is 12.6. The lowest BCUT2D eigenvalue weighted by molar-refractivity contribution is 0.1000. The van der Waals surface area contributed by atoms with Crippen molar-refractivity contribution in [3.8, 4) is 0 Å². The molecule has 0 spiro atoms. The number of aryl methyl sites for hydroxylation is 1. The van der Waals surface area contributed by atoms with Crippen LogP contribution in [0, 0.1) is 17.5 Å². The highest BCUT2D eigenvalue weighted by atomic mass is 19.1. The summed E-state index contributed by atoms with van der Waals surface area (Å²) in [5.74, 6) is -3.61. The molecule has 2 amide bonds. The van der Waals surface area contributed by atoms with Crippen LogP contribution in [0.15, 0.2) is 42.5 Å². The molecule has 0 fully saturated rings. The summed E-state index contributed by atoms with van der Waals surface area (Å²) in [6, 6.07) is 6.63. The van der Waals surface area contributed by atoms with Crippen LogP contribution in [0.2, 0.25) is 0 Å². The highest BCUT2D eigenvalue weighted by molar-refractivity contribution is 5.99. The summed E-state index contributed by atoms with van der Waals surface area (Å²) in [5, 5.41) is 22.4. The average molecular weight is 557 g/mol. The van der Waals surface area contributed by atoms with E-state index in [1.54, 1.807) is 29.9 Å². The number of halogens is 3. The highest BCUT2D eigenvalue weighted by Crippen LogP contribution is 2.31. The number of fused-ring (bicyclic) bond motifs is 1. The van der Waals surface area contributed by atoms with Gasteiger partial charge in [-0.2, -0.15) is 5.10 Å². The molecule has 0 saturated heterocycles. The molecule has 40 heavy (non-hydrogen) atoms. The van der Waals surface area contributed by atoms with Crippen LogP contribution in [0.4, 0.5) is 41.1 Å². The Hall–Kier alpha value is -5.01. The summed E-state index contributed by atoms with van der Waals surface area (Å²) in [6.07, 6.45) is -1.40. The summed E-state index contributed by atoms with van der Waals surface area (Å²) in [5.41, 5.74) is 6.55. The van der Waals surface area contributed by atoms with E-state index in [1.807, 2.05) is 19.0 Å². The SMILES string of the molecule is C[C@H](NC(=O)O)[C@H](Nc1nc(Nc2ccc3c(c2)c(N(C)C)nn3C)c(C(N)=O)cc1F)c1cc(F)cc(F)c1. The van der Waals surface area contributed by atoms with Crippen LogP contribution in [0.3, 0.4) is 0 Å². The number of carboxylic acid groups (broad SMARTS) is 1. The molecule has 14 heteroatoms. The summed E-state index contributed by atoms with van der Waals surface area (Å²) >= 11 is 0. The zero-order valence-electron chi connectivity index (χ0n) is 22.0. The molecular weight excluding hydrogens is 529 g/mol. The molecule has 0 saturated carbocycles. The van der Waals surface area contributed by atoms with Crippen LogP contribution in [-0.2, 0) is 7.05 Å². The summed E-state index contributed by atoms with van der Waals surface area (Å²) in [7, 11) is 5.48. The van der Waals surface area contributed by atoms with Crippen molar-refractivity contribution in [2.24, 2.45) is 12.8 Å². The molecule has 0 aliphatic carbocycles. The molecule has 0 radical (unpaired) electrons. The first kappa shape index (κ1) is 28.0. The van der Waals surface area contributed by atoms with Gasteiger partial charge in [0.1, 0.15) is 17.5 Å². The second-order valence-corrected chi connectivity index (χ2v) is 9.34. The average Bonchev–Trinajstić information content (AvgIpc) is 3.18. The van der Waals surface area contributed by atoms with Gasteiger partial charge in [0.2, 0.25) is 0 Å². The maximum absolute atomic E-state index is 15.2. The van der Waals surface area contributed by atoms with Gasteiger partial charge in [-0.05, 0) is 48.9 Å². The Balaban J connectivity index is 1.77. The van der Waals surface area contributed by atoms with Gasteiger partial charge in [0.05, 0.1) is 23.2 Å². The maximum Gasteiger partial charge on any atom is 0.404 e. The number of rotatable bonds is 9. The number of hydrogen-bond donors (Lipinski definition) is 5. The molecule has 11 nitrogen and oxygen atoms in total. The summed E-state index contributed by atoms with van der Waals surface area (Å²) in [6.45, 7) is 1.43. The molecule has 4 aromatic rings. The first-order valence-corrected chi connectivity index (χ1v) is 12.0. The number of aromatic nitrogens is 3. The molecule has 2 atom stereocenters. The molecule has 6 N–H and O–H groups in total. The fourth-order valence-corrected chi connectivity index (χ4v) is 4.34. The van der Waals surface area contributed by atoms with Gasteiger partial charge in [0.25, 0.3) is 5.91 Å². The van der Waals surface area contributed by atoms with Crippen molar-refractivity contribution < 1.29 is 27.9 Å². The van der Waals surface area contributed by atoms with Crippen LogP contribution in [0.25, 0.3) is 10.9 Å². The number of amides is 2. The van der Waals surface area contributed by atoms with E-state index in [1.165, 1.54) is 6.92 Å². The first-order chi connectivity index (χ1) is 18.8. The fraction of sp³-hybridized carbons (Fsp3) is 0.231. The number of primary amides is 1. The van der Waals surface area contributed by atoms with E-state index in [9.17, 15) is 23.5 Å². The zero-order valence-corrected chi connectivity index (χ0v) is 22.0. The molecule has 210 valence electrons. The van der Waals surface area contributed by atoms with Crippen LogP contribution < -0.4 is 26.6 Å². The largest absolute Gasteiger partial charge is 0.465 e. The van der Waals surface area contributed by atoms with Crippen molar-refractivity contribution in [1.82, 2.24) is 20.1 Å². The molecule has 2 aromatic carbocycles. The topological polar surface area (TPSA) is 150 Å². The smallest absolute Gasteiger partial charge is 0.404 e. The van der Waals surface area contributed by atoms with Crippen molar-refractivity contribution in [1.29, 1.82) is 0 Å². The molecule has 0 bridgehead atoms. The van der Waals surface area contributed by atoms with Gasteiger partial charge in [-0.25, -0.2) is 22.9 Å². The zero-order chi connectivity index (χ0) is 29.3. The van der Waals surface area contributed by atoms with Gasteiger partial charge in [0, 0.05) is 38.3 Å². The number of carbonyl (C=O) groups is 2. The molecule has 0 aliphatic heterocycles. The molecule has 4 rings (SSSR count). The third-order valence-corrected chi connectivity index (χ3v) is 6.15. The number of pyridine rings is 1. The fourth-order valence-electron chi connectivity index (χ4n) is 4.34. The van der Waals surface area contributed by atoms with Gasteiger partial charge in [0.15, 0.2) is 17.5 Å². The van der Waals surface area contributed by atoms with E-state index >= 15 is 4.39 Å². The predicted molar refractivity (Wildman–Crippen MR) is 144 cm³/mol. The predicted octanol–water partition coefficient (Wildman–Crippen LogP) is 4.10. The lowest BCUT2D eigenvalue weighted by Crippen LogP contribution is -2.39. The number of nitrogens with one attached hydrogen (secondary N) is 3. The van der Waals surface area contributed by atoms with Crippen molar-refractivity contribution in [2.45, 2.75) is 19.0 Å². The molecule has 0 aliphatic rings.